The van der Waals surface area contributed by atoms with Gasteiger partial charge in [0, 0.05) is 35.9 Å². The highest BCUT2D eigenvalue weighted by Gasteiger charge is 2.11. The number of rotatable bonds is 6. The van der Waals surface area contributed by atoms with Gasteiger partial charge in [-0.1, -0.05) is 6.07 Å². The van der Waals surface area contributed by atoms with E-state index in [2.05, 4.69) is 20.5 Å². The van der Waals surface area contributed by atoms with E-state index in [0.717, 1.165) is 5.56 Å². The molecule has 1 aromatic carbocycles. The van der Waals surface area contributed by atoms with Crippen molar-refractivity contribution in [2.45, 2.75) is 6.61 Å². The lowest BCUT2D eigenvalue weighted by Gasteiger charge is -2.13. The van der Waals surface area contributed by atoms with E-state index < -0.39 is 0 Å². The second kappa shape index (κ2) is 7.75. The second-order valence-corrected chi connectivity index (χ2v) is 5.98. The van der Waals surface area contributed by atoms with Crippen LogP contribution in [0.15, 0.2) is 67.4 Å². The Morgan fingerprint density at radius 1 is 1.18 bits per heavy atom. The summed E-state index contributed by atoms with van der Waals surface area (Å²) in [4.78, 5) is 16.6. The standard InChI is InChI=1S/C20H17N5O3/c1-27-17-6-5-16(9-18(17)28-12-14-3-2-8-21-10-14)23-20(26)15-4-7-19-24-22-13-25(19)11-15/h2-11,13H,12H2,1H3,(H,23,26). The van der Waals surface area contributed by atoms with Crippen molar-refractivity contribution in [3.8, 4) is 11.5 Å². The molecule has 0 fully saturated rings. The third-order valence-electron chi connectivity index (χ3n) is 4.09. The van der Waals surface area contributed by atoms with Crippen LogP contribution in [0.1, 0.15) is 15.9 Å². The fourth-order valence-corrected chi connectivity index (χ4v) is 2.68. The van der Waals surface area contributed by atoms with Crippen LogP contribution < -0.4 is 14.8 Å². The van der Waals surface area contributed by atoms with Gasteiger partial charge in [0.05, 0.1) is 12.7 Å². The molecule has 0 bridgehead atoms. The molecule has 0 aliphatic carbocycles. The highest BCUT2D eigenvalue weighted by molar-refractivity contribution is 6.04. The molecule has 4 rings (SSSR count). The van der Waals surface area contributed by atoms with Crippen molar-refractivity contribution in [2.24, 2.45) is 0 Å². The number of carbonyl (C=O) groups is 1. The van der Waals surface area contributed by atoms with E-state index in [1.165, 1.54) is 0 Å². The van der Waals surface area contributed by atoms with Crippen LogP contribution in [-0.2, 0) is 6.61 Å². The molecule has 0 atom stereocenters. The van der Waals surface area contributed by atoms with Crippen LogP contribution in [0.5, 0.6) is 11.5 Å². The third-order valence-corrected chi connectivity index (χ3v) is 4.09. The number of fused-ring (bicyclic) bond motifs is 1. The predicted molar refractivity (Wildman–Crippen MR) is 103 cm³/mol. The molecule has 0 unspecified atom stereocenters. The molecule has 8 heteroatoms. The lowest BCUT2D eigenvalue weighted by Crippen LogP contribution is -2.12. The Kier molecular flexibility index (Phi) is 4.83. The maximum absolute atomic E-state index is 12.6. The minimum atomic E-state index is -0.251. The van der Waals surface area contributed by atoms with Crippen molar-refractivity contribution in [1.82, 2.24) is 19.6 Å². The highest BCUT2D eigenvalue weighted by atomic mass is 16.5. The van der Waals surface area contributed by atoms with Gasteiger partial charge in [-0.3, -0.25) is 14.2 Å². The zero-order valence-corrected chi connectivity index (χ0v) is 15.1. The van der Waals surface area contributed by atoms with Crippen LogP contribution in [0.3, 0.4) is 0 Å². The Hall–Kier alpha value is -3.94. The fraction of sp³-hybridized carbons (Fsp3) is 0.100. The zero-order valence-electron chi connectivity index (χ0n) is 15.1. The van der Waals surface area contributed by atoms with E-state index in [1.54, 1.807) is 66.8 Å². The molecule has 0 radical (unpaired) electrons. The van der Waals surface area contributed by atoms with Gasteiger partial charge in [0.1, 0.15) is 12.9 Å². The monoisotopic (exact) mass is 375 g/mol. The molecule has 140 valence electrons. The van der Waals surface area contributed by atoms with Gasteiger partial charge >= 0.3 is 0 Å². The predicted octanol–water partition coefficient (Wildman–Crippen LogP) is 2.96. The highest BCUT2D eigenvalue weighted by Crippen LogP contribution is 2.31. The van der Waals surface area contributed by atoms with Crippen LogP contribution in [-0.4, -0.2) is 32.6 Å². The molecule has 4 aromatic rings. The van der Waals surface area contributed by atoms with Crippen LogP contribution in [0.25, 0.3) is 5.65 Å². The summed E-state index contributed by atoms with van der Waals surface area (Å²) in [5.74, 6) is 0.852. The first-order valence-corrected chi connectivity index (χ1v) is 8.53. The van der Waals surface area contributed by atoms with E-state index in [0.29, 0.717) is 35.0 Å². The largest absolute Gasteiger partial charge is 0.493 e. The van der Waals surface area contributed by atoms with Crippen LogP contribution in [0, 0.1) is 0 Å². The number of hydrogen-bond acceptors (Lipinski definition) is 6. The smallest absolute Gasteiger partial charge is 0.257 e. The molecule has 28 heavy (non-hydrogen) atoms. The Balaban J connectivity index is 1.51. The normalized spacial score (nSPS) is 10.6. The van der Waals surface area contributed by atoms with Crippen molar-refractivity contribution >= 4 is 17.2 Å². The van der Waals surface area contributed by atoms with Crippen molar-refractivity contribution in [1.29, 1.82) is 0 Å². The summed E-state index contributed by atoms with van der Waals surface area (Å²) < 4.78 is 12.9. The Labute approximate surface area is 160 Å². The van der Waals surface area contributed by atoms with Crippen molar-refractivity contribution in [2.75, 3.05) is 12.4 Å². The fourth-order valence-electron chi connectivity index (χ4n) is 2.68. The first-order chi connectivity index (χ1) is 13.7. The Morgan fingerprint density at radius 3 is 2.93 bits per heavy atom. The molecule has 8 nitrogen and oxygen atoms in total. The summed E-state index contributed by atoms with van der Waals surface area (Å²) in [6, 6.07) is 12.4. The van der Waals surface area contributed by atoms with Gasteiger partial charge in [-0.25, -0.2) is 0 Å². The molecule has 1 amide bonds. The molecular weight excluding hydrogens is 358 g/mol. The lowest BCUT2D eigenvalue weighted by atomic mass is 10.2. The number of ether oxygens (including phenoxy) is 2. The SMILES string of the molecule is COc1ccc(NC(=O)c2ccc3nncn3c2)cc1OCc1cccnc1. The number of carbonyl (C=O) groups excluding carboxylic acids is 1. The van der Waals surface area contributed by atoms with Gasteiger partial charge in [0.25, 0.3) is 5.91 Å². The van der Waals surface area contributed by atoms with Gasteiger partial charge in [-0.15, -0.1) is 10.2 Å². The zero-order chi connectivity index (χ0) is 19.3. The van der Waals surface area contributed by atoms with Crippen LogP contribution in [0.4, 0.5) is 5.69 Å². The summed E-state index contributed by atoms with van der Waals surface area (Å²) in [7, 11) is 1.57. The molecule has 3 aromatic heterocycles. The Morgan fingerprint density at radius 2 is 2.11 bits per heavy atom. The summed E-state index contributed by atoms with van der Waals surface area (Å²) in [5.41, 5.74) is 2.69. The van der Waals surface area contributed by atoms with Crippen LogP contribution in [0.2, 0.25) is 0 Å². The maximum atomic E-state index is 12.6. The first-order valence-electron chi connectivity index (χ1n) is 8.53. The summed E-state index contributed by atoms with van der Waals surface area (Å²) in [6.45, 7) is 0.339. The number of nitrogens with zero attached hydrogens (tertiary/aromatic N) is 4. The number of methoxy groups -OCH3 is 1. The number of pyridine rings is 2. The minimum absolute atomic E-state index is 0.251. The van der Waals surface area contributed by atoms with Crippen molar-refractivity contribution in [3.05, 3.63) is 78.5 Å². The second-order valence-electron chi connectivity index (χ2n) is 5.98. The van der Waals surface area contributed by atoms with E-state index in [-0.39, 0.29) is 5.91 Å². The van der Waals surface area contributed by atoms with Gasteiger partial charge in [-0.05, 0) is 30.3 Å². The summed E-state index contributed by atoms with van der Waals surface area (Å²) in [5, 5.41) is 10.6. The quantitative estimate of drug-likeness (QED) is 0.557. The van der Waals surface area contributed by atoms with Gasteiger partial charge in [0.2, 0.25) is 0 Å². The van der Waals surface area contributed by atoms with E-state index >= 15 is 0 Å². The van der Waals surface area contributed by atoms with Crippen LogP contribution >= 0.6 is 0 Å². The third kappa shape index (κ3) is 3.75. The number of hydrogen-bond donors (Lipinski definition) is 1. The maximum Gasteiger partial charge on any atom is 0.257 e. The van der Waals surface area contributed by atoms with Gasteiger partial charge in [0.15, 0.2) is 17.1 Å². The summed E-state index contributed by atoms with van der Waals surface area (Å²) >= 11 is 0. The van der Waals surface area contributed by atoms with E-state index in [1.807, 2.05) is 12.1 Å². The number of nitrogens with one attached hydrogen (secondary N) is 1. The van der Waals surface area contributed by atoms with Crippen molar-refractivity contribution < 1.29 is 14.3 Å². The molecule has 0 spiro atoms. The molecule has 0 saturated carbocycles. The number of amides is 1. The minimum Gasteiger partial charge on any atom is -0.493 e. The number of anilines is 1. The lowest BCUT2D eigenvalue weighted by molar-refractivity contribution is 0.102. The molecule has 0 aliphatic rings. The molecule has 0 aliphatic heterocycles. The number of benzene rings is 1. The summed E-state index contributed by atoms with van der Waals surface area (Å²) in [6.07, 6.45) is 6.66. The molecule has 1 N–H and O–H groups in total. The average Bonchev–Trinajstić information content (AvgIpc) is 3.21. The van der Waals surface area contributed by atoms with Gasteiger partial charge < -0.3 is 14.8 Å². The first kappa shape index (κ1) is 17.5. The van der Waals surface area contributed by atoms with E-state index in [9.17, 15) is 4.79 Å². The van der Waals surface area contributed by atoms with Gasteiger partial charge in [-0.2, -0.15) is 0 Å². The molecule has 0 saturated heterocycles. The Bertz CT molecular complexity index is 1110. The number of aromatic nitrogens is 4. The molecule has 3 heterocycles. The molecular formula is C20H17N5O3. The average molecular weight is 375 g/mol. The van der Waals surface area contributed by atoms with E-state index in [4.69, 9.17) is 9.47 Å². The topological polar surface area (TPSA) is 90.6 Å². The van der Waals surface area contributed by atoms with Crippen molar-refractivity contribution in [3.63, 3.8) is 0 Å².